The highest BCUT2D eigenvalue weighted by molar-refractivity contribution is 6.05. The van der Waals surface area contributed by atoms with Crippen molar-refractivity contribution >= 4 is 22.5 Å². The Bertz CT molecular complexity index is 659. The molecule has 1 fully saturated rings. The van der Waals surface area contributed by atoms with Crippen LogP contribution in [0.2, 0.25) is 0 Å². The van der Waals surface area contributed by atoms with Gasteiger partial charge in [0.15, 0.2) is 5.69 Å². The molecule has 0 spiro atoms. The Hall–Kier alpha value is -2.08. The van der Waals surface area contributed by atoms with Crippen molar-refractivity contribution in [3.05, 3.63) is 23.9 Å². The normalized spacial score (nSPS) is 17.8. The molecule has 0 aliphatic heterocycles. The number of amides is 1. The lowest BCUT2D eigenvalue weighted by Crippen LogP contribution is -2.44. The maximum absolute atomic E-state index is 12.3. The van der Waals surface area contributed by atoms with E-state index in [1.165, 1.54) is 0 Å². The van der Waals surface area contributed by atoms with Gasteiger partial charge in [-0.15, -0.1) is 0 Å². The third-order valence-corrected chi connectivity index (χ3v) is 4.16. The van der Waals surface area contributed by atoms with Crippen LogP contribution in [0, 0.1) is 0 Å². The molecule has 0 bridgehead atoms. The molecule has 1 saturated carbocycles. The molecule has 5 N–H and O–H groups in total. The molecule has 0 saturated heterocycles. The highest BCUT2D eigenvalue weighted by Gasteiger charge is 2.30. The van der Waals surface area contributed by atoms with Gasteiger partial charge in [-0.1, -0.05) is 19.3 Å². The summed E-state index contributed by atoms with van der Waals surface area (Å²) in [7, 11) is 0. The van der Waals surface area contributed by atoms with Gasteiger partial charge in [-0.25, -0.2) is 0 Å². The van der Waals surface area contributed by atoms with E-state index in [1.807, 2.05) is 0 Å². The van der Waals surface area contributed by atoms with Crippen molar-refractivity contribution in [2.75, 3.05) is 12.3 Å². The number of nitrogens with two attached hydrogens (primary N) is 1. The van der Waals surface area contributed by atoms with E-state index >= 15 is 0 Å². The van der Waals surface area contributed by atoms with Gasteiger partial charge in [0.05, 0.1) is 11.1 Å². The molecule has 0 atom stereocenters. The van der Waals surface area contributed by atoms with Gasteiger partial charge in [0, 0.05) is 17.6 Å². The second-order valence-corrected chi connectivity index (χ2v) is 5.84. The lowest BCUT2D eigenvalue weighted by molar-refractivity contribution is 0.00522. The molecule has 0 radical (unpaired) electrons. The number of aliphatic hydroxyl groups is 1. The van der Waals surface area contributed by atoms with Gasteiger partial charge >= 0.3 is 0 Å². The number of nitrogens with one attached hydrogen (secondary N) is 2. The van der Waals surface area contributed by atoms with Crippen LogP contribution in [0.25, 0.3) is 10.9 Å². The number of H-pyrrole nitrogens is 1. The van der Waals surface area contributed by atoms with E-state index in [0.29, 0.717) is 16.8 Å². The van der Waals surface area contributed by atoms with Crippen LogP contribution in [0.3, 0.4) is 0 Å². The Balaban J connectivity index is 1.73. The lowest BCUT2D eigenvalue weighted by atomic mass is 9.85. The topological polar surface area (TPSA) is 104 Å². The zero-order chi connectivity index (χ0) is 14.9. The van der Waals surface area contributed by atoms with E-state index in [0.717, 1.165) is 37.6 Å². The largest absolute Gasteiger partial charge is 0.399 e. The number of aromatic amines is 1. The van der Waals surface area contributed by atoms with Crippen LogP contribution >= 0.6 is 0 Å². The maximum atomic E-state index is 12.3. The van der Waals surface area contributed by atoms with Gasteiger partial charge < -0.3 is 16.2 Å². The molecule has 2 aromatic rings. The quantitative estimate of drug-likeness (QED) is 0.643. The van der Waals surface area contributed by atoms with Crippen LogP contribution in [-0.4, -0.2) is 33.4 Å². The number of aromatic nitrogens is 2. The molecule has 1 aromatic carbocycles. The highest BCUT2D eigenvalue weighted by atomic mass is 16.3. The summed E-state index contributed by atoms with van der Waals surface area (Å²) in [5, 5.41) is 20.8. The molecule has 1 amide bonds. The van der Waals surface area contributed by atoms with Crippen molar-refractivity contribution in [2.45, 2.75) is 37.7 Å². The summed E-state index contributed by atoms with van der Waals surface area (Å²) in [6.45, 7) is 0.266. The lowest BCUT2D eigenvalue weighted by Gasteiger charge is -2.31. The van der Waals surface area contributed by atoms with Crippen molar-refractivity contribution < 1.29 is 9.90 Å². The standard InChI is InChI=1S/C15H20N4O2/c16-10-4-5-12-11(8-10)13(19-18-12)14(20)17-9-15(21)6-2-1-3-7-15/h4-5,8,21H,1-3,6-7,9,16H2,(H,17,20)(H,18,19). The van der Waals surface area contributed by atoms with Gasteiger partial charge in [-0.05, 0) is 31.0 Å². The van der Waals surface area contributed by atoms with Crippen molar-refractivity contribution in [3.63, 3.8) is 0 Å². The second-order valence-electron chi connectivity index (χ2n) is 5.84. The van der Waals surface area contributed by atoms with E-state index in [1.54, 1.807) is 18.2 Å². The number of carbonyl (C=O) groups is 1. The fourth-order valence-electron chi connectivity index (χ4n) is 2.92. The first-order chi connectivity index (χ1) is 10.1. The van der Waals surface area contributed by atoms with Crippen molar-refractivity contribution in [1.82, 2.24) is 15.5 Å². The molecule has 21 heavy (non-hydrogen) atoms. The first-order valence-electron chi connectivity index (χ1n) is 7.32. The van der Waals surface area contributed by atoms with Crippen LogP contribution in [0.4, 0.5) is 5.69 Å². The first-order valence-corrected chi connectivity index (χ1v) is 7.32. The zero-order valence-corrected chi connectivity index (χ0v) is 11.9. The van der Waals surface area contributed by atoms with Gasteiger partial charge in [-0.3, -0.25) is 9.89 Å². The van der Waals surface area contributed by atoms with E-state index in [9.17, 15) is 9.90 Å². The fraction of sp³-hybridized carbons (Fsp3) is 0.467. The number of anilines is 1. The number of fused-ring (bicyclic) bond motifs is 1. The SMILES string of the molecule is Nc1ccc2[nH]nc(C(=O)NCC3(O)CCCCC3)c2c1. The Morgan fingerprint density at radius 1 is 1.38 bits per heavy atom. The Kier molecular flexibility index (Phi) is 3.55. The van der Waals surface area contributed by atoms with Gasteiger partial charge in [-0.2, -0.15) is 5.10 Å². The fourth-order valence-corrected chi connectivity index (χ4v) is 2.92. The molecule has 112 valence electrons. The summed E-state index contributed by atoms with van der Waals surface area (Å²) in [5.74, 6) is -0.286. The van der Waals surface area contributed by atoms with Crippen LogP contribution < -0.4 is 11.1 Å². The maximum Gasteiger partial charge on any atom is 0.272 e. The molecule has 0 unspecified atom stereocenters. The third-order valence-electron chi connectivity index (χ3n) is 4.16. The monoisotopic (exact) mass is 288 g/mol. The highest BCUT2D eigenvalue weighted by Crippen LogP contribution is 2.27. The Morgan fingerprint density at radius 3 is 2.90 bits per heavy atom. The Morgan fingerprint density at radius 2 is 2.14 bits per heavy atom. The van der Waals surface area contributed by atoms with E-state index < -0.39 is 5.60 Å². The van der Waals surface area contributed by atoms with Gasteiger partial charge in [0.1, 0.15) is 0 Å². The summed E-state index contributed by atoms with van der Waals surface area (Å²) in [6, 6.07) is 5.28. The summed E-state index contributed by atoms with van der Waals surface area (Å²) in [5.41, 5.74) is 6.64. The number of hydrogen-bond donors (Lipinski definition) is 4. The minimum absolute atomic E-state index is 0.266. The zero-order valence-electron chi connectivity index (χ0n) is 11.9. The van der Waals surface area contributed by atoms with E-state index in [4.69, 9.17) is 5.73 Å². The number of benzene rings is 1. The van der Waals surface area contributed by atoms with Crippen molar-refractivity contribution in [2.24, 2.45) is 0 Å². The molecule has 6 nitrogen and oxygen atoms in total. The van der Waals surface area contributed by atoms with Crippen molar-refractivity contribution in [3.8, 4) is 0 Å². The number of carbonyl (C=O) groups excluding carboxylic acids is 1. The molecule has 3 rings (SSSR count). The average Bonchev–Trinajstić information content (AvgIpc) is 2.89. The predicted molar refractivity (Wildman–Crippen MR) is 80.9 cm³/mol. The van der Waals surface area contributed by atoms with Crippen molar-refractivity contribution in [1.29, 1.82) is 0 Å². The smallest absolute Gasteiger partial charge is 0.272 e. The van der Waals surface area contributed by atoms with Gasteiger partial charge in [0.25, 0.3) is 5.91 Å². The molecule has 1 aliphatic rings. The molecule has 6 heteroatoms. The number of nitrogen functional groups attached to an aromatic ring is 1. The number of nitrogens with zero attached hydrogens (tertiary/aromatic N) is 1. The van der Waals surface area contributed by atoms with E-state index in [2.05, 4.69) is 15.5 Å². The number of rotatable bonds is 3. The first kappa shape index (κ1) is 13.9. The summed E-state index contributed by atoms with van der Waals surface area (Å²) in [6.07, 6.45) is 4.64. The average molecular weight is 288 g/mol. The summed E-state index contributed by atoms with van der Waals surface area (Å²) in [4.78, 5) is 12.3. The minimum Gasteiger partial charge on any atom is -0.399 e. The van der Waals surface area contributed by atoms with Gasteiger partial charge in [0.2, 0.25) is 0 Å². The molecule has 1 aromatic heterocycles. The molecule has 1 aliphatic carbocycles. The predicted octanol–water partition coefficient (Wildman–Crippen LogP) is 1.57. The molecular formula is C15H20N4O2. The summed E-state index contributed by atoms with van der Waals surface area (Å²) >= 11 is 0. The van der Waals surface area contributed by atoms with Crippen LogP contribution in [0.15, 0.2) is 18.2 Å². The van der Waals surface area contributed by atoms with Crippen LogP contribution in [-0.2, 0) is 0 Å². The Labute approximate surface area is 122 Å². The van der Waals surface area contributed by atoms with E-state index in [-0.39, 0.29) is 12.5 Å². The van der Waals surface area contributed by atoms with Crippen LogP contribution in [0.5, 0.6) is 0 Å². The van der Waals surface area contributed by atoms with Crippen LogP contribution in [0.1, 0.15) is 42.6 Å². The molecule has 1 heterocycles. The minimum atomic E-state index is -0.779. The second kappa shape index (κ2) is 5.37. The molecular weight excluding hydrogens is 268 g/mol. The number of hydrogen-bond acceptors (Lipinski definition) is 4. The third kappa shape index (κ3) is 2.85. The summed E-state index contributed by atoms with van der Waals surface area (Å²) < 4.78 is 0.